The van der Waals surface area contributed by atoms with Crippen molar-refractivity contribution in [1.82, 2.24) is 10.3 Å². The number of aromatic amines is 1. The van der Waals surface area contributed by atoms with Crippen LogP contribution in [0.25, 0.3) is 0 Å². The molecule has 2 amide bonds. The van der Waals surface area contributed by atoms with Gasteiger partial charge in [0.05, 0.1) is 0 Å². The molecule has 1 aromatic heterocycles. The average molecular weight is 369 g/mol. The molecule has 1 aromatic carbocycles. The molecule has 0 aliphatic heterocycles. The maximum Gasteiger partial charge on any atom is 0.268 e. The molecule has 0 spiro atoms. The van der Waals surface area contributed by atoms with Crippen LogP contribution in [0, 0.1) is 6.92 Å². The Balaban J connectivity index is 2.03. The van der Waals surface area contributed by atoms with Gasteiger partial charge < -0.3 is 15.6 Å². The number of anilines is 1. The van der Waals surface area contributed by atoms with Gasteiger partial charge in [-0.15, -0.1) is 0 Å². The highest BCUT2D eigenvalue weighted by atomic mass is 16.2. The predicted octanol–water partition coefficient (Wildman–Crippen LogP) is 3.76. The Morgan fingerprint density at radius 2 is 1.74 bits per heavy atom. The normalized spacial score (nSPS) is 10.5. The molecule has 27 heavy (non-hydrogen) atoms. The van der Waals surface area contributed by atoms with Crippen LogP contribution in [0.2, 0.25) is 0 Å². The van der Waals surface area contributed by atoms with E-state index in [4.69, 9.17) is 0 Å². The highest BCUT2D eigenvalue weighted by Gasteiger charge is 2.21. The van der Waals surface area contributed by atoms with Gasteiger partial charge in [0, 0.05) is 29.9 Å². The standard InChI is InChI=1S/C21H27N3O3/c1-5-7-18(26)24-16-10-8-15(9-11-16)12-22-21(27)20-17(6-2)19(14(4)25)13(3)23-20/h8-11,23H,5-7,12H2,1-4H3,(H,22,27)(H,24,26). The molecule has 3 N–H and O–H groups in total. The van der Waals surface area contributed by atoms with Crippen LogP contribution in [-0.4, -0.2) is 22.6 Å². The van der Waals surface area contributed by atoms with Crippen LogP contribution in [0.4, 0.5) is 5.69 Å². The van der Waals surface area contributed by atoms with Gasteiger partial charge in [-0.2, -0.15) is 0 Å². The molecule has 0 aliphatic rings. The monoisotopic (exact) mass is 369 g/mol. The Bertz CT molecular complexity index is 835. The van der Waals surface area contributed by atoms with Crippen molar-refractivity contribution in [2.24, 2.45) is 0 Å². The summed E-state index contributed by atoms with van der Waals surface area (Å²) in [6.07, 6.45) is 1.91. The number of carbonyl (C=O) groups excluding carboxylic acids is 3. The van der Waals surface area contributed by atoms with Crippen LogP contribution in [0.15, 0.2) is 24.3 Å². The van der Waals surface area contributed by atoms with Gasteiger partial charge >= 0.3 is 0 Å². The van der Waals surface area contributed by atoms with E-state index in [1.165, 1.54) is 6.92 Å². The summed E-state index contributed by atoms with van der Waals surface area (Å²) in [4.78, 5) is 39.0. The molecule has 2 rings (SSSR count). The quantitative estimate of drug-likeness (QED) is 0.619. The summed E-state index contributed by atoms with van der Waals surface area (Å²) >= 11 is 0. The summed E-state index contributed by atoms with van der Waals surface area (Å²) in [6.45, 7) is 7.56. The molecule has 144 valence electrons. The average Bonchev–Trinajstić information content (AvgIpc) is 2.97. The second kappa shape index (κ2) is 9.16. The third-order valence-corrected chi connectivity index (χ3v) is 4.39. The van der Waals surface area contributed by atoms with Crippen molar-refractivity contribution in [1.29, 1.82) is 0 Å². The molecule has 0 radical (unpaired) electrons. The highest BCUT2D eigenvalue weighted by molar-refractivity contribution is 6.02. The number of carbonyl (C=O) groups is 3. The predicted molar refractivity (Wildman–Crippen MR) is 106 cm³/mol. The minimum absolute atomic E-state index is 0.00552. The molecule has 2 aromatic rings. The van der Waals surface area contributed by atoms with E-state index in [0.717, 1.165) is 28.9 Å². The second-order valence-corrected chi connectivity index (χ2v) is 6.57. The molecule has 1 heterocycles. The first-order valence-electron chi connectivity index (χ1n) is 9.26. The maximum atomic E-state index is 12.6. The number of benzene rings is 1. The van der Waals surface area contributed by atoms with Gasteiger partial charge in [0.15, 0.2) is 5.78 Å². The lowest BCUT2D eigenvalue weighted by Gasteiger charge is -2.08. The molecule has 0 saturated heterocycles. The van der Waals surface area contributed by atoms with E-state index in [0.29, 0.717) is 30.6 Å². The molecule has 6 heteroatoms. The van der Waals surface area contributed by atoms with Gasteiger partial charge in [-0.25, -0.2) is 0 Å². The van der Waals surface area contributed by atoms with Crippen LogP contribution in [-0.2, 0) is 17.8 Å². The van der Waals surface area contributed by atoms with E-state index in [2.05, 4.69) is 15.6 Å². The fourth-order valence-electron chi connectivity index (χ4n) is 3.13. The van der Waals surface area contributed by atoms with E-state index in [1.54, 1.807) is 6.92 Å². The number of nitrogens with one attached hydrogen (secondary N) is 3. The molecule has 0 fully saturated rings. The van der Waals surface area contributed by atoms with Crippen molar-refractivity contribution in [2.75, 3.05) is 5.32 Å². The first kappa shape index (κ1) is 20.4. The highest BCUT2D eigenvalue weighted by Crippen LogP contribution is 2.20. The summed E-state index contributed by atoms with van der Waals surface area (Å²) in [7, 11) is 0. The number of amides is 2. The summed E-state index contributed by atoms with van der Waals surface area (Å²) in [5.41, 5.74) is 4.19. The van der Waals surface area contributed by atoms with E-state index in [9.17, 15) is 14.4 Å². The van der Waals surface area contributed by atoms with E-state index in [1.807, 2.05) is 38.1 Å². The van der Waals surface area contributed by atoms with E-state index >= 15 is 0 Å². The molecule has 0 unspecified atom stereocenters. The summed E-state index contributed by atoms with van der Waals surface area (Å²) < 4.78 is 0. The van der Waals surface area contributed by atoms with Crippen molar-refractivity contribution in [2.45, 2.75) is 53.5 Å². The number of hydrogen-bond acceptors (Lipinski definition) is 3. The van der Waals surface area contributed by atoms with Crippen LogP contribution in [0.5, 0.6) is 0 Å². The molecular weight excluding hydrogens is 342 g/mol. The van der Waals surface area contributed by atoms with Crippen LogP contribution in [0.3, 0.4) is 0 Å². The largest absolute Gasteiger partial charge is 0.354 e. The zero-order valence-corrected chi connectivity index (χ0v) is 16.4. The zero-order valence-electron chi connectivity index (χ0n) is 16.4. The van der Waals surface area contributed by atoms with Gasteiger partial charge in [-0.05, 0) is 49.9 Å². The number of H-pyrrole nitrogens is 1. The summed E-state index contributed by atoms with van der Waals surface area (Å²) in [5.74, 6) is -0.280. The van der Waals surface area contributed by atoms with Crippen LogP contribution < -0.4 is 10.6 Å². The fourth-order valence-corrected chi connectivity index (χ4v) is 3.13. The Labute approximate surface area is 159 Å². The second-order valence-electron chi connectivity index (χ2n) is 6.57. The number of ketones is 1. The Hall–Kier alpha value is -2.89. The van der Waals surface area contributed by atoms with Gasteiger partial charge in [-0.1, -0.05) is 26.0 Å². The fraction of sp³-hybridized carbons (Fsp3) is 0.381. The van der Waals surface area contributed by atoms with Crippen molar-refractivity contribution >= 4 is 23.3 Å². The van der Waals surface area contributed by atoms with E-state index in [-0.39, 0.29) is 17.6 Å². The smallest absolute Gasteiger partial charge is 0.268 e. The third kappa shape index (κ3) is 5.06. The lowest BCUT2D eigenvalue weighted by molar-refractivity contribution is -0.116. The van der Waals surface area contributed by atoms with Crippen LogP contribution >= 0.6 is 0 Å². The molecule has 0 bridgehead atoms. The number of hydrogen-bond donors (Lipinski definition) is 3. The van der Waals surface area contributed by atoms with Gasteiger partial charge in [0.2, 0.25) is 5.91 Å². The number of rotatable bonds is 8. The van der Waals surface area contributed by atoms with Gasteiger partial charge in [0.1, 0.15) is 5.69 Å². The topological polar surface area (TPSA) is 91.1 Å². The van der Waals surface area contributed by atoms with Crippen molar-refractivity contribution in [3.8, 4) is 0 Å². The number of aromatic nitrogens is 1. The van der Waals surface area contributed by atoms with Crippen LogP contribution in [0.1, 0.15) is 71.3 Å². The van der Waals surface area contributed by atoms with Crippen molar-refractivity contribution < 1.29 is 14.4 Å². The van der Waals surface area contributed by atoms with Gasteiger partial charge in [0.25, 0.3) is 5.91 Å². The summed E-state index contributed by atoms with van der Waals surface area (Å²) in [5, 5.41) is 5.71. The zero-order chi connectivity index (χ0) is 20.0. The Morgan fingerprint density at radius 1 is 1.07 bits per heavy atom. The minimum Gasteiger partial charge on any atom is -0.354 e. The minimum atomic E-state index is -0.234. The Kier molecular flexibility index (Phi) is 6.93. The van der Waals surface area contributed by atoms with E-state index < -0.39 is 0 Å². The first-order chi connectivity index (χ1) is 12.9. The lowest BCUT2D eigenvalue weighted by Crippen LogP contribution is -2.24. The molecule has 0 saturated carbocycles. The third-order valence-electron chi connectivity index (χ3n) is 4.39. The molecule has 0 atom stereocenters. The molecular formula is C21H27N3O3. The number of Topliss-reactive ketones (excluding diaryl/α,β-unsaturated/α-hetero) is 1. The van der Waals surface area contributed by atoms with Crippen molar-refractivity contribution in [3.05, 3.63) is 52.3 Å². The molecule has 6 nitrogen and oxygen atoms in total. The first-order valence-corrected chi connectivity index (χ1v) is 9.26. The van der Waals surface area contributed by atoms with Gasteiger partial charge in [-0.3, -0.25) is 14.4 Å². The number of aryl methyl sites for hydroxylation is 1. The molecule has 0 aliphatic carbocycles. The van der Waals surface area contributed by atoms with Crippen molar-refractivity contribution in [3.63, 3.8) is 0 Å². The SMILES string of the molecule is CCCC(=O)Nc1ccc(CNC(=O)c2[nH]c(C)c(C(C)=O)c2CC)cc1. The lowest BCUT2D eigenvalue weighted by atomic mass is 10.0. The summed E-state index contributed by atoms with van der Waals surface area (Å²) in [6, 6.07) is 7.37. The maximum absolute atomic E-state index is 12.6. The Morgan fingerprint density at radius 3 is 2.30 bits per heavy atom.